The molecule has 0 N–H and O–H groups in total. The van der Waals surface area contributed by atoms with E-state index < -0.39 is 36.2 Å². The van der Waals surface area contributed by atoms with Crippen molar-refractivity contribution >= 4 is 36.2 Å². The lowest BCUT2D eigenvalue weighted by Gasteiger charge is -2.09. The number of rotatable bonds is 32. The fourth-order valence-electron chi connectivity index (χ4n) is 6.16. The third-order valence-electron chi connectivity index (χ3n) is 9.49. The largest absolute Gasteiger partial charge is 0.513 e. The van der Waals surface area contributed by atoms with Crippen molar-refractivity contribution in [2.24, 2.45) is 0 Å². The molecule has 0 heterocycles. The van der Waals surface area contributed by atoms with Crippen LogP contribution in [0.5, 0.6) is 23.0 Å². The molecule has 4 aromatic carbocycles. The molecule has 0 spiro atoms. The van der Waals surface area contributed by atoms with Gasteiger partial charge in [-0.25, -0.2) is 28.8 Å². The summed E-state index contributed by atoms with van der Waals surface area (Å²) >= 11 is 0. The van der Waals surface area contributed by atoms with Crippen molar-refractivity contribution in [3.8, 4) is 34.1 Å². The second-order valence-electron chi connectivity index (χ2n) is 14.5. The van der Waals surface area contributed by atoms with E-state index in [0.717, 1.165) is 34.4 Å². The van der Waals surface area contributed by atoms with Gasteiger partial charge in [-0.2, -0.15) is 0 Å². The van der Waals surface area contributed by atoms with E-state index in [2.05, 4.69) is 13.2 Å². The lowest BCUT2D eigenvalue weighted by molar-refractivity contribution is -0.140. The van der Waals surface area contributed by atoms with Gasteiger partial charge in [0, 0.05) is 12.2 Å². The molecule has 0 aliphatic heterocycles. The van der Waals surface area contributed by atoms with Gasteiger partial charge in [-0.15, -0.1) is 0 Å². The number of hydrogen-bond acceptors (Lipinski definition) is 20. The summed E-state index contributed by atoms with van der Waals surface area (Å²) in [7, 11) is 0. The molecule has 0 saturated carbocycles. The van der Waals surface area contributed by atoms with Crippen LogP contribution in [0.1, 0.15) is 31.8 Å². The molecule has 0 aromatic heterocycles. The van der Waals surface area contributed by atoms with E-state index in [9.17, 15) is 28.8 Å². The number of carbonyl (C=O) groups excluding carboxylic acids is 6. The fourth-order valence-corrected chi connectivity index (χ4v) is 6.16. The summed E-state index contributed by atoms with van der Waals surface area (Å²) in [5.41, 5.74) is 4.16. The molecule has 71 heavy (non-hydrogen) atoms. The van der Waals surface area contributed by atoms with E-state index in [4.69, 9.17) is 66.3 Å². The summed E-state index contributed by atoms with van der Waals surface area (Å²) in [5.74, 6) is -1.28. The number of hydrogen-bond donors (Lipinski definition) is 0. The first-order valence-electron chi connectivity index (χ1n) is 22.3. The van der Waals surface area contributed by atoms with Crippen molar-refractivity contribution in [2.75, 3.05) is 106 Å². The normalized spacial score (nSPS) is 11.0. The molecule has 0 amide bonds. The lowest BCUT2D eigenvalue weighted by Crippen LogP contribution is -2.16. The van der Waals surface area contributed by atoms with Crippen LogP contribution in [0.15, 0.2) is 110 Å². The van der Waals surface area contributed by atoms with Crippen molar-refractivity contribution in [2.45, 2.75) is 6.42 Å². The van der Waals surface area contributed by atoms with E-state index in [1.807, 2.05) is 12.1 Å². The molecule has 0 saturated heterocycles. The van der Waals surface area contributed by atoms with Gasteiger partial charge in [0.1, 0.15) is 49.4 Å². The maximum atomic E-state index is 13.0. The zero-order chi connectivity index (χ0) is 50.5. The van der Waals surface area contributed by atoms with E-state index in [1.54, 1.807) is 24.3 Å². The van der Waals surface area contributed by atoms with Crippen LogP contribution >= 0.6 is 0 Å². The average molecular weight is 987 g/mol. The van der Waals surface area contributed by atoms with Gasteiger partial charge < -0.3 is 66.3 Å². The molecule has 378 valence electrons. The van der Waals surface area contributed by atoms with E-state index in [1.165, 1.54) is 48.5 Å². The third-order valence-corrected chi connectivity index (χ3v) is 9.49. The maximum absolute atomic E-state index is 13.0. The minimum absolute atomic E-state index is 0.0496. The quantitative estimate of drug-likeness (QED) is 0.0115. The Hall–Kier alpha value is -7.46. The SMILES string of the molecule is C=CC(=O)OCCOCCOCCOCCOC(=O)Oc1ccc(C(=O)Oc2ccc3c(c2)Cc2cc(OC(=O)c4ccc(OC(=O)OCCOCCOCCOCCOC(=O)C=C)cc4)ccc2-3)cc1. The van der Waals surface area contributed by atoms with E-state index in [0.29, 0.717) is 57.6 Å². The predicted octanol–water partition coefficient (Wildman–Crippen LogP) is 6.29. The van der Waals surface area contributed by atoms with Crippen LogP contribution in [-0.4, -0.2) is 142 Å². The van der Waals surface area contributed by atoms with Crippen LogP contribution in [0.3, 0.4) is 0 Å². The summed E-state index contributed by atoms with van der Waals surface area (Å²) in [5, 5.41) is 0. The van der Waals surface area contributed by atoms with Crippen LogP contribution in [-0.2, 0) is 63.4 Å². The van der Waals surface area contributed by atoms with E-state index in [-0.39, 0.29) is 88.7 Å². The molecule has 1 aliphatic carbocycles. The van der Waals surface area contributed by atoms with Crippen LogP contribution in [0.25, 0.3) is 11.1 Å². The lowest BCUT2D eigenvalue weighted by atomic mass is 10.1. The summed E-state index contributed by atoms with van der Waals surface area (Å²) in [4.78, 5) is 72.1. The molecule has 0 radical (unpaired) electrons. The number of fused-ring (bicyclic) bond motifs is 3. The highest BCUT2D eigenvalue weighted by Crippen LogP contribution is 2.40. The highest BCUT2D eigenvalue weighted by Gasteiger charge is 2.22. The molecule has 0 bridgehead atoms. The van der Waals surface area contributed by atoms with Gasteiger partial charge in [0.05, 0.1) is 90.4 Å². The van der Waals surface area contributed by atoms with Crippen molar-refractivity contribution in [3.05, 3.63) is 132 Å². The first-order valence-corrected chi connectivity index (χ1v) is 22.3. The summed E-state index contributed by atoms with van der Waals surface area (Å²) in [6.45, 7) is 9.96. The minimum Gasteiger partial charge on any atom is -0.460 e. The van der Waals surface area contributed by atoms with Crippen LogP contribution in [0, 0.1) is 0 Å². The Labute approximate surface area is 409 Å². The van der Waals surface area contributed by atoms with E-state index >= 15 is 0 Å². The summed E-state index contributed by atoms with van der Waals surface area (Å²) in [6.07, 6.45) is 0.770. The Balaban J connectivity index is 0.928. The minimum atomic E-state index is -0.941. The highest BCUT2D eigenvalue weighted by molar-refractivity contribution is 5.92. The van der Waals surface area contributed by atoms with Crippen LogP contribution in [0.2, 0.25) is 0 Å². The highest BCUT2D eigenvalue weighted by atomic mass is 16.7. The fraction of sp³-hybridized carbons (Fsp3) is 0.333. The third kappa shape index (κ3) is 20.2. The van der Waals surface area contributed by atoms with Gasteiger partial charge >= 0.3 is 36.2 Å². The average Bonchev–Trinajstić information content (AvgIpc) is 3.73. The molecular weight excluding hydrogens is 933 g/mol. The van der Waals surface area contributed by atoms with Gasteiger partial charge in [0.2, 0.25) is 0 Å². The zero-order valence-corrected chi connectivity index (χ0v) is 38.8. The second kappa shape index (κ2) is 30.9. The number of carbonyl (C=O) groups is 6. The molecule has 0 unspecified atom stereocenters. The Kier molecular flexibility index (Phi) is 23.7. The Morgan fingerprint density at radius 1 is 0.366 bits per heavy atom. The van der Waals surface area contributed by atoms with Gasteiger partial charge in [-0.1, -0.05) is 25.3 Å². The number of esters is 4. The molecule has 20 nitrogen and oxygen atoms in total. The van der Waals surface area contributed by atoms with Gasteiger partial charge in [-0.05, 0) is 101 Å². The predicted molar refractivity (Wildman–Crippen MR) is 249 cm³/mol. The Morgan fingerprint density at radius 3 is 0.986 bits per heavy atom. The molecule has 1 aliphatic rings. The number of benzene rings is 4. The second-order valence-corrected chi connectivity index (χ2v) is 14.5. The first kappa shape index (κ1) is 54.5. The smallest absolute Gasteiger partial charge is 0.460 e. The van der Waals surface area contributed by atoms with Crippen molar-refractivity contribution in [3.63, 3.8) is 0 Å². The molecule has 0 atom stereocenters. The maximum Gasteiger partial charge on any atom is 0.513 e. The van der Waals surface area contributed by atoms with Crippen molar-refractivity contribution in [1.82, 2.24) is 0 Å². The van der Waals surface area contributed by atoms with Gasteiger partial charge in [-0.3, -0.25) is 0 Å². The topological polar surface area (TPSA) is 232 Å². The summed E-state index contributed by atoms with van der Waals surface area (Å²) in [6, 6.07) is 22.2. The zero-order valence-electron chi connectivity index (χ0n) is 38.8. The Bertz CT molecular complexity index is 2210. The molecule has 0 fully saturated rings. The molecule has 4 aromatic rings. The molecule has 5 rings (SSSR count). The standard InChI is InChI=1S/C51H54O20/c1-3-46(52)64-29-25-60-21-17-58-19-23-62-27-31-66-50(56)70-40-9-5-36(6-10-40)48(54)68-42-13-15-44-38(34-42)33-39-35-43(14-16-45(39)44)69-49(55)37-7-11-41(12-8-37)71-51(57)67-32-28-63-24-20-59-18-22-61-26-30-65-47(53)4-2/h3-16,34-35H,1-2,17-33H2. The first-order chi connectivity index (χ1) is 34.6. The van der Waals surface area contributed by atoms with Crippen molar-refractivity contribution in [1.29, 1.82) is 0 Å². The van der Waals surface area contributed by atoms with Crippen LogP contribution < -0.4 is 18.9 Å². The van der Waals surface area contributed by atoms with Crippen LogP contribution in [0.4, 0.5) is 9.59 Å². The molecular formula is C51H54O20. The molecule has 20 heteroatoms. The monoisotopic (exact) mass is 986 g/mol. The Morgan fingerprint density at radius 2 is 0.662 bits per heavy atom. The number of ether oxygens (including phenoxy) is 14. The summed E-state index contributed by atoms with van der Waals surface area (Å²) < 4.78 is 73.2. The van der Waals surface area contributed by atoms with Gasteiger partial charge in [0.25, 0.3) is 0 Å². The van der Waals surface area contributed by atoms with Crippen molar-refractivity contribution < 1.29 is 95.1 Å². The van der Waals surface area contributed by atoms with Gasteiger partial charge in [0.15, 0.2) is 0 Å².